The molecule has 0 radical (unpaired) electrons. The lowest BCUT2D eigenvalue weighted by atomic mass is 9.96. The zero-order valence-corrected chi connectivity index (χ0v) is 16.2. The maximum atomic E-state index is 12.6. The summed E-state index contributed by atoms with van der Waals surface area (Å²) < 4.78 is 5.40. The van der Waals surface area contributed by atoms with E-state index in [0.717, 1.165) is 64.9 Å². The standard InChI is InChI=1S/C18H31N3O2.CH4O.CH4.H2/c1-4-6-16(19-11-14-7-8-23-12-14)18(22)21-17-9-15(5-2)13(3)10-20-17;1-2;;/h9,13-14,16,19H,4-8,10-12H2,1-3H3,(H,20,21,22);2H,1H3;1H4;1H/t13?,14?,16-;;;/m0.../s1. The second kappa shape index (κ2) is 13.9. The van der Waals surface area contributed by atoms with Gasteiger partial charge in [0.05, 0.1) is 12.6 Å². The van der Waals surface area contributed by atoms with Crippen LogP contribution in [0.1, 0.15) is 55.3 Å². The van der Waals surface area contributed by atoms with Gasteiger partial charge in [0.25, 0.3) is 0 Å². The minimum Gasteiger partial charge on any atom is -0.400 e. The molecule has 0 saturated carbocycles. The van der Waals surface area contributed by atoms with Crippen molar-refractivity contribution in [2.24, 2.45) is 16.8 Å². The largest absolute Gasteiger partial charge is 0.400 e. The summed E-state index contributed by atoms with van der Waals surface area (Å²) in [6, 6.07) is -0.152. The number of aliphatic imine (C=N–C) groups is 1. The predicted molar refractivity (Wildman–Crippen MR) is 111 cm³/mol. The number of nitrogens with one attached hydrogen (secondary N) is 2. The maximum Gasteiger partial charge on any atom is 0.242 e. The van der Waals surface area contributed by atoms with Crippen LogP contribution in [-0.2, 0) is 9.53 Å². The van der Waals surface area contributed by atoms with E-state index in [1.807, 2.05) is 6.08 Å². The number of amides is 1. The van der Waals surface area contributed by atoms with E-state index < -0.39 is 0 Å². The van der Waals surface area contributed by atoms with Crippen molar-refractivity contribution in [2.75, 3.05) is 33.4 Å². The van der Waals surface area contributed by atoms with E-state index in [1.165, 1.54) is 5.57 Å². The Morgan fingerprint density at radius 1 is 1.46 bits per heavy atom. The van der Waals surface area contributed by atoms with Crippen LogP contribution >= 0.6 is 0 Å². The van der Waals surface area contributed by atoms with Crippen LogP contribution in [0.4, 0.5) is 0 Å². The van der Waals surface area contributed by atoms with Crippen LogP contribution in [0.25, 0.3) is 0 Å². The average Bonchev–Trinajstić information content (AvgIpc) is 3.15. The number of aliphatic hydroxyl groups excluding tert-OH is 1. The van der Waals surface area contributed by atoms with Gasteiger partial charge in [0.1, 0.15) is 5.84 Å². The minimum absolute atomic E-state index is 0. The first-order chi connectivity index (χ1) is 12.1. The van der Waals surface area contributed by atoms with Gasteiger partial charge in [0.15, 0.2) is 0 Å². The van der Waals surface area contributed by atoms with Gasteiger partial charge < -0.3 is 20.5 Å². The molecule has 3 N–H and O–H groups in total. The molecule has 26 heavy (non-hydrogen) atoms. The molecule has 0 aliphatic carbocycles. The van der Waals surface area contributed by atoms with Gasteiger partial charge >= 0.3 is 0 Å². The van der Waals surface area contributed by atoms with Crippen LogP contribution in [0.15, 0.2) is 16.6 Å². The lowest BCUT2D eigenvalue weighted by molar-refractivity contribution is -0.121. The third-order valence-electron chi connectivity index (χ3n) is 4.72. The monoisotopic (exact) mass is 371 g/mol. The molecule has 2 aliphatic rings. The van der Waals surface area contributed by atoms with E-state index in [-0.39, 0.29) is 20.8 Å². The van der Waals surface area contributed by atoms with Crippen LogP contribution in [-0.4, -0.2) is 56.3 Å². The highest BCUT2D eigenvalue weighted by atomic mass is 16.5. The van der Waals surface area contributed by atoms with Crippen molar-refractivity contribution in [2.45, 2.75) is 59.9 Å². The minimum atomic E-state index is -0.152. The molecule has 0 aromatic heterocycles. The number of carbonyl (C=O) groups is 1. The van der Waals surface area contributed by atoms with Gasteiger partial charge in [0.2, 0.25) is 5.91 Å². The fourth-order valence-corrected chi connectivity index (χ4v) is 3.12. The molecule has 2 unspecified atom stereocenters. The molecular weight excluding hydrogens is 330 g/mol. The number of ether oxygens (including phenoxy) is 1. The Hall–Kier alpha value is -1.24. The van der Waals surface area contributed by atoms with Gasteiger partial charge in [-0.1, -0.05) is 40.2 Å². The summed E-state index contributed by atoms with van der Waals surface area (Å²) in [6.07, 6.45) is 5.95. The van der Waals surface area contributed by atoms with E-state index in [1.54, 1.807) is 0 Å². The summed E-state index contributed by atoms with van der Waals surface area (Å²) in [5.74, 6) is 1.76. The first-order valence-electron chi connectivity index (χ1n) is 9.45. The topological polar surface area (TPSA) is 83.0 Å². The molecule has 0 spiro atoms. The quantitative estimate of drug-likeness (QED) is 0.643. The number of amidine groups is 1. The Labute approximate surface area is 161 Å². The Bertz CT molecular complexity index is 463. The third-order valence-corrected chi connectivity index (χ3v) is 4.72. The zero-order chi connectivity index (χ0) is 18.7. The van der Waals surface area contributed by atoms with Crippen molar-refractivity contribution in [1.82, 2.24) is 10.6 Å². The van der Waals surface area contributed by atoms with Crippen LogP contribution in [0.2, 0.25) is 0 Å². The van der Waals surface area contributed by atoms with Gasteiger partial charge in [0, 0.05) is 28.2 Å². The Kier molecular flexibility index (Phi) is 13.2. The Morgan fingerprint density at radius 3 is 2.77 bits per heavy atom. The molecule has 154 valence electrons. The highest BCUT2D eigenvalue weighted by Crippen LogP contribution is 2.18. The van der Waals surface area contributed by atoms with Crippen LogP contribution in [0.3, 0.4) is 0 Å². The molecule has 0 aromatic rings. The molecule has 0 bridgehead atoms. The Morgan fingerprint density at radius 2 is 2.19 bits per heavy atom. The maximum absolute atomic E-state index is 12.6. The van der Waals surface area contributed by atoms with Crippen molar-refractivity contribution in [3.8, 4) is 0 Å². The fraction of sp³-hybridized carbons (Fsp3) is 0.800. The molecule has 2 heterocycles. The van der Waals surface area contributed by atoms with Crippen LogP contribution in [0.5, 0.6) is 0 Å². The summed E-state index contributed by atoms with van der Waals surface area (Å²) in [5.41, 5.74) is 1.36. The SMILES string of the molecule is C.CCC[C@H](NCC1CCOC1)C(=O)NC1=NCC(C)C(CC)=C1.CO.[HH]. The van der Waals surface area contributed by atoms with E-state index in [9.17, 15) is 4.79 Å². The predicted octanol–water partition coefficient (Wildman–Crippen LogP) is 2.77. The van der Waals surface area contributed by atoms with Crippen molar-refractivity contribution >= 4 is 11.7 Å². The first kappa shape index (κ1) is 24.8. The van der Waals surface area contributed by atoms with Gasteiger partial charge in [-0.05, 0) is 37.2 Å². The lowest BCUT2D eigenvalue weighted by Gasteiger charge is -2.22. The number of nitrogens with zero attached hydrogens (tertiary/aromatic N) is 1. The van der Waals surface area contributed by atoms with E-state index in [4.69, 9.17) is 9.84 Å². The molecule has 2 aliphatic heterocycles. The van der Waals surface area contributed by atoms with Crippen molar-refractivity contribution in [1.29, 1.82) is 0 Å². The van der Waals surface area contributed by atoms with Crippen molar-refractivity contribution in [3.63, 3.8) is 0 Å². The molecule has 2 rings (SSSR count). The second-order valence-electron chi connectivity index (χ2n) is 6.67. The zero-order valence-electron chi connectivity index (χ0n) is 16.2. The molecule has 1 fully saturated rings. The number of aliphatic hydroxyl groups is 1. The smallest absolute Gasteiger partial charge is 0.242 e. The van der Waals surface area contributed by atoms with E-state index in [2.05, 4.69) is 36.4 Å². The summed E-state index contributed by atoms with van der Waals surface area (Å²) >= 11 is 0. The van der Waals surface area contributed by atoms with Crippen molar-refractivity contribution < 1.29 is 16.1 Å². The van der Waals surface area contributed by atoms with E-state index >= 15 is 0 Å². The summed E-state index contributed by atoms with van der Waals surface area (Å²) in [6.45, 7) is 9.70. The average molecular weight is 372 g/mol. The van der Waals surface area contributed by atoms with Crippen molar-refractivity contribution in [3.05, 3.63) is 11.6 Å². The lowest BCUT2D eigenvalue weighted by Crippen LogP contribution is -2.47. The number of hydrogen-bond donors (Lipinski definition) is 3. The Balaban J connectivity index is 0. The number of dihydropyridines is 1. The molecule has 3 atom stereocenters. The van der Waals surface area contributed by atoms with Crippen LogP contribution in [0, 0.1) is 11.8 Å². The van der Waals surface area contributed by atoms with Gasteiger partial charge in [-0.3, -0.25) is 9.79 Å². The molecule has 6 heteroatoms. The molecule has 1 amide bonds. The summed E-state index contributed by atoms with van der Waals surface area (Å²) in [4.78, 5) is 17.1. The number of carbonyl (C=O) groups excluding carboxylic acids is 1. The summed E-state index contributed by atoms with van der Waals surface area (Å²) in [7, 11) is 1.00. The number of hydrogen-bond acceptors (Lipinski definition) is 5. The van der Waals surface area contributed by atoms with Gasteiger partial charge in [-0.15, -0.1) is 0 Å². The first-order valence-corrected chi connectivity index (χ1v) is 9.45. The van der Waals surface area contributed by atoms with Crippen LogP contribution < -0.4 is 10.6 Å². The molecule has 6 nitrogen and oxygen atoms in total. The highest BCUT2D eigenvalue weighted by molar-refractivity contribution is 6.06. The van der Waals surface area contributed by atoms with E-state index in [0.29, 0.717) is 11.8 Å². The van der Waals surface area contributed by atoms with Gasteiger partial charge in [-0.2, -0.15) is 0 Å². The highest BCUT2D eigenvalue weighted by Gasteiger charge is 2.23. The van der Waals surface area contributed by atoms with Gasteiger partial charge in [-0.25, -0.2) is 0 Å². The third kappa shape index (κ3) is 7.98. The molecular formula is C20H41N3O3. The summed E-state index contributed by atoms with van der Waals surface area (Å²) in [5, 5.41) is 13.4. The molecule has 0 aromatic carbocycles. The molecule has 1 saturated heterocycles. The second-order valence-corrected chi connectivity index (χ2v) is 6.67. The number of rotatable bonds is 7. The fourth-order valence-electron chi connectivity index (χ4n) is 3.12. The normalized spacial score (nSPS) is 23.0.